The van der Waals surface area contributed by atoms with Crippen LogP contribution in [-0.2, 0) is 0 Å². The largest absolute Gasteiger partial charge is 0.399 e. The number of ketones is 1. The lowest BCUT2D eigenvalue weighted by Gasteiger charge is -2.03. The van der Waals surface area contributed by atoms with Crippen LogP contribution in [0.4, 0.5) is 11.4 Å². The van der Waals surface area contributed by atoms with Gasteiger partial charge in [-0.05, 0) is 18.2 Å². The fraction of sp³-hybridized carbons (Fsp3) is 0.0714. The lowest BCUT2D eigenvalue weighted by molar-refractivity contribution is -0.384. The lowest BCUT2D eigenvalue weighted by atomic mass is 10.1. The molecule has 0 spiro atoms. The molecule has 0 bridgehead atoms. The van der Waals surface area contributed by atoms with Crippen LogP contribution in [0.1, 0.15) is 10.4 Å². The number of hydrogen-bond acceptors (Lipinski definition) is 5. The third-order valence-corrected chi connectivity index (χ3v) is 3.60. The number of carbonyl (C=O) groups is 1. The van der Waals surface area contributed by atoms with Crippen LogP contribution in [0.3, 0.4) is 0 Å². The van der Waals surface area contributed by atoms with E-state index < -0.39 is 4.92 Å². The van der Waals surface area contributed by atoms with Gasteiger partial charge in [0.2, 0.25) is 0 Å². The van der Waals surface area contributed by atoms with E-state index in [0.29, 0.717) is 11.3 Å². The van der Waals surface area contributed by atoms with Crippen molar-refractivity contribution in [2.75, 3.05) is 11.5 Å². The summed E-state index contributed by atoms with van der Waals surface area (Å²) >= 11 is 1.35. The number of nitro benzene ring substituents is 1. The molecule has 20 heavy (non-hydrogen) atoms. The number of nitrogens with zero attached hydrogens (tertiary/aromatic N) is 1. The van der Waals surface area contributed by atoms with E-state index in [1.54, 1.807) is 18.2 Å². The Bertz CT molecular complexity index is 658. The smallest absolute Gasteiger partial charge is 0.270 e. The standard InChI is InChI=1S/C14H12N2O3S/c15-11-4-2-6-13(8-11)20-9-14(17)10-3-1-5-12(7-10)16(18)19/h1-8H,9,15H2. The molecule has 0 fully saturated rings. The second kappa shape index (κ2) is 6.21. The summed E-state index contributed by atoms with van der Waals surface area (Å²) in [6, 6.07) is 13.0. The molecule has 0 radical (unpaired) electrons. The molecular weight excluding hydrogens is 276 g/mol. The quantitative estimate of drug-likeness (QED) is 0.300. The van der Waals surface area contributed by atoms with E-state index in [4.69, 9.17) is 5.73 Å². The Labute approximate surface area is 119 Å². The molecule has 2 aromatic carbocycles. The lowest BCUT2D eigenvalue weighted by Crippen LogP contribution is -2.03. The van der Waals surface area contributed by atoms with Crippen LogP contribution in [0.15, 0.2) is 53.4 Å². The number of thioether (sulfide) groups is 1. The van der Waals surface area contributed by atoms with Crippen LogP contribution in [0, 0.1) is 10.1 Å². The van der Waals surface area contributed by atoms with Gasteiger partial charge < -0.3 is 5.73 Å². The number of non-ortho nitro benzene ring substituents is 1. The minimum atomic E-state index is -0.512. The van der Waals surface area contributed by atoms with Gasteiger partial charge in [-0.15, -0.1) is 11.8 Å². The number of anilines is 1. The molecule has 102 valence electrons. The first kappa shape index (κ1) is 14.1. The molecule has 2 N–H and O–H groups in total. The van der Waals surface area contributed by atoms with Crippen LogP contribution < -0.4 is 5.73 Å². The number of rotatable bonds is 5. The predicted octanol–water partition coefficient (Wildman–Crippen LogP) is 3.15. The van der Waals surface area contributed by atoms with E-state index in [2.05, 4.69) is 0 Å². The second-order valence-electron chi connectivity index (χ2n) is 4.09. The molecule has 0 atom stereocenters. The summed E-state index contributed by atoms with van der Waals surface area (Å²) in [6.45, 7) is 0. The SMILES string of the molecule is Nc1cccc(SCC(=O)c2cccc([N+](=O)[O-])c2)c1. The third kappa shape index (κ3) is 3.58. The highest BCUT2D eigenvalue weighted by Crippen LogP contribution is 2.22. The first-order chi connectivity index (χ1) is 9.56. The molecule has 0 amide bonds. The van der Waals surface area contributed by atoms with Crippen molar-refractivity contribution in [1.82, 2.24) is 0 Å². The molecule has 6 heteroatoms. The number of Topliss-reactive ketones (excluding diaryl/α,β-unsaturated/α-hetero) is 1. The molecule has 0 saturated heterocycles. The highest BCUT2D eigenvalue weighted by molar-refractivity contribution is 8.00. The van der Waals surface area contributed by atoms with Crippen LogP contribution in [0.25, 0.3) is 0 Å². The van der Waals surface area contributed by atoms with Gasteiger partial charge in [-0.2, -0.15) is 0 Å². The van der Waals surface area contributed by atoms with Crippen LogP contribution in [-0.4, -0.2) is 16.5 Å². The average molecular weight is 288 g/mol. The van der Waals surface area contributed by atoms with Crippen LogP contribution in [0.5, 0.6) is 0 Å². The van der Waals surface area contributed by atoms with Crippen molar-refractivity contribution in [3.05, 3.63) is 64.2 Å². The molecule has 0 aliphatic rings. The van der Waals surface area contributed by atoms with E-state index in [1.807, 2.05) is 12.1 Å². The van der Waals surface area contributed by atoms with Gasteiger partial charge in [0.1, 0.15) is 0 Å². The van der Waals surface area contributed by atoms with Crippen molar-refractivity contribution in [2.24, 2.45) is 0 Å². The third-order valence-electron chi connectivity index (χ3n) is 2.61. The molecule has 0 aliphatic carbocycles. The Morgan fingerprint density at radius 3 is 2.65 bits per heavy atom. The molecular formula is C14H12N2O3S. The van der Waals surface area contributed by atoms with E-state index in [-0.39, 0.29) is 17.2 Å². The van der Waals surface area contributed by atoms with Gasteiger partial charge in [-0.3, -0.25) is 14.9 Å². The first-order valence-electron chi connectivity index (χ1n) is 5.82. The average Bonchev–Trinajstić information content (AvgIpc) is 2.45. The number of nitro groups is 1. The fourth-order valence-electron chi connectivity index (χ4n) is 1.63. The Morgan fingerprint density at radius 1 is 1.20 bits per heavy atom. The normalized spacial score (nSPS) is 10.2. The Balaban J connectivity index is 2.05. The van der Waals surface area contributed by atoms with Crippen LogP contribution >= 0.6 is 11.8 Å². The van der Waals surface area contributed by atoms with Crippen molar-refractivity contribution >= 4 is 28.9 Å². The number of hydrogen-bond donors (Lipinski definition) is 1. The van der Waals surface area contributed by atoms with E-state index in [9.17, 15) is 14.9 Å². The number of nitrogen functional groups attached to an aromatic ring is 1. The summed E-state index contributed by atoms with van der Waals surface area (Å²) in [5.41, 5.74) is 6.56. The van der Waals surface area contributed by atoms with Crippen molar-refractivity contribution < 1.29 is 9.72 Å². The number of benzene rings is 2. The van der Waals surface area contributed by atoms with Gasteiger partial charge in [-0.1, -0.05) is 18.2 Å². The summed E-state index contributed by atoms with van der Waals surface area (Å²) in [6.07, 6.45) is 0. The summed E-state index contributed by atoms with van der Waals surface area (Å²) in [7, 11) is 0. The molecule has 0 aliphatic heterocycles. The maximum atomic E-state index is 12.0. The summed E-state index contributed by atoms with van der Waals surface area (Å²) in [5.74, 6) is 0.0612. The van der Waals surface area contributed by atoms with Gasteiger partial charge in [-0.25, -0.2) is 0 Å². The maximum absolute atomic E-state index is 12.0. The van der Waals surface area contributed by atoms with E-state index >= 15 is 0 Å². The monoisotopic (exact) mass is 288 g/mol. The first-order valence-corrected chi connectivity index (χ1v) is 6.81. The minimum Gasteiger partial charge on any atom is -0.399 e. The Morgan fingerprint density at radius 2 is 1.95 bits per heavy atom. The van der Waals surface area contributed by atoms with E-state index in [0.717, 1.165) is 4.90 Å². The van der Waals surface area contributed by atoms with Crippen LogP contribution in [0.2, 0.25) is 0 Å². The highest BCUT2D eigenvalue weighted by atomic mass is 32.2. The minimum absolute atomic E-state index is 0.0789. The number of nitrogens with two attached hydrogens (primary N) is 1. The molecule has 0 heterocycles. The zero-order valence-corrected chi connectivity index (χ0v) is 11.3. The molecule has 2 aromatic rings. The molecule has 0 saturated carbocycles. The van der Waals surface area contributed by atoms with Gasteiger partial charge in [0.15, 0.2) is 5.78 Å². The molecule has 2 rings (SSSR count). The van der Waals surface area contributed by atoms with Crippen molar-refractivity contribution in [2.45, 2.75) is 4.90 Å². The van der Waals surface area contributed by atoms with Gasteiger partial charge in [0.25, 0.3) is 5.69 Å². The topological polar surface area (TPSA) is 86.2 Å². The second-order valence-corrected chi connectivity index (χ2v) is 5.14. The molecule has 0 unspecified atom stereocenters. The molecule has 0 aromatic heterocycles. The van der Waals surface area contributed by atoms with Gasteiger partial charge >= 0.3 is 0 Å². The summed E-state index contributed by atoms with van der Waals surface area (Å²) < 4.78 is 0. The van der Waals surface area contributed by atoms with Crippen molar-refractivity contribution in [3.63, 3.8) is 0 Å². The Hall–Kier alpha value is -2.34. The number of carbonyl (C=O) groups excluding carboxylic acids is 1. The zero-order valence-electron chi connectivity index (χ0n) is 10.5. The van der Waals surface area contributed by atoms with Gasteiger partial charge in [0, 0.05) is 28.3 Å². The van der Waals surface area contributed by atoms with Gasteiger partial charge in [0.05, 0.1) is 10.7 Å². The fourth-order valence-corrected chi connectivity index (χ4v) is 2.49. The maximum Gasteiger partial charge on any atom is 0.270 e. The summed E-state index contributed by atoms with van der Waals surface area (Å²) in [5, 5.41) is 10.7. The van der Waals surface area contributed by atoms with E-state index in [1.165, 1.54) is 30.0 Å². The van der Waals surface area contributed by atoms with Crippen molar-refractivity contribution in [3.8, 4) is 0 Å². The highest BCUT2D eigenvalue weighted by Gasteiger charge is 2.11. The van der Waals surface area contributed by atoms with Crippen molar-refractivity contribution in [1.29, 1.82) is 0 Å². The predicted molar refractivity (Wildman–Crippen MR) is 79.0 cm³/mol. The zero-order chi connectivity index (χ0) is 14.5. The Kier molecular flexibility index (Phi) is 4.37. The summed E-state index contributed by atoms with van der Waals surface area (Å²) in [4.78, 5) is 23.1. The molecule has 5 nitrogen and oxygen atoms in total.